The summed E-state index contributed by atoms with van der Waals surface area (Å²) in [7, 11) is 0. The maximum atomic E-state index is 4.64. The molecule has 0 fully saturated rings. The molecule has 0 radical (unpaired) electrons. The van der Waals surface area contributed by atoms with Crippen LogP contribution in [-0.4, -0.2) is 15.6 Å². The Morgan fingerprint density at radius 3 is 2.71 bits per heavy atom. The lowest BCUT2D eigenvalue weighted by Gasteiger charge is -2.02. The Bertz CT molecular complexity index is 625. The summed E-state index contributed by atoms with van der Waals surface area (Å²) >= 11 is 1.75. The molecule has 0 bridgehead atoms. The fourth-order valence-corrected chi connectivity index (χ4v) is 2.53. The summed E-state index contributed by atoms with van der Waals surface area (Å²) in [6, 6.07) is 14.4. The lowest BCUT2D eigenvalue weighted by Crippen LogP contribution is -1.80. The zero-order chi connectivity index (χ0) is 11.7. The standard InChI is InChI=1S/C14H12N2S/c1-17-13-7-3-2-6-11(13)12-10-16-9-5-4-8-14(16)15-12/h2-10H,1H3. The van der Waals surface area contributed by atoms with Crippen LogP contribution in [0.15, 0.2) is 59.8 Å². The number of hydrogen-bond donors (Lipinski definition) is 0. The van der Waals surface area contributed by atoms with Gasteiger partial charge in [0.15, 0.2) is 0 Å². The van der Waals surface area contributed by atoms with Crippen LogP contribution in [0, 0.1) is 0 Å². The number of rotatable bonds is 2. The van der Waals surface area contributed by atoms with Gasteiger partial charge in [-0.1, -0.05) is 24.3 Å². The lowest BCUT2D eigenvalue weighted by molar-refractivity contribution is 1.19. The highest BCUT2D eigenvalue weighted by Gasteiger charge is 2.07. The Morgan fingerprint density at radius 2 is 1.88 bits per heavy atom. The molecule has 0 saturated heterocycles. The molecule has 2 nitrogen and oxygen atoms in total. The van der Waals surface area contributed by atoms with Crippen molar-refractivity contribution >= 4 is 17.4 Å². The van der Waals surface area contributed by atoms with E-state index in [2.05, 4.69) is 41.7 Å². The highest BCUT2D eigenvalue weighted by atomic mass is 32.2. The van der Waals surface area contributed by atoms with Gasteiger partial charge >= 0.3 is 0 Å². The van der Waals surface area contributed by atoms with Crippen LogP contribution < -0.4 is 0 Å². The van der Waals surface area contributed by atoms with Crippen molar-refractivity contribution in [1.29, 1.82) is 0 Å². The summed E-state index contributed by atoms with van der Waals surface area (Å²) < 4.78 is 2.05. The van der Waals surface area contributed by atoms with Gasteiger partial charge in [-0.3, -0.25) is 0 Å². The first-order valence-corrected chi connectivity index (χ1v) is 6.68. The van der Waals surface area contributed by atoms with Gasteiger partial charge in [0.1, 0.15) is 5.65 Å². The highest BCUT2D eigenvalue weighted by Crippen LogP contribution is 2.29. The molecule has 0 aliphatic rings. The summed E-state index contributed by atoms with van der Waals surface area (Å²) in [4.78, 5) is 5.90. The zero-order valence-electron chi connectivity index (χ0n) is 9.50. The summed E-state index contributed by atoms with van der Waals surface area (Å²) in [6.07, 6.45) is 6.19. The molecule has 0 unspecified atom stereocenters. The fourth-order valence-electron chi connectivity index (χ4n) is 1.92. The number of thioether (sulfide) groups is 1. The van der Waals surface area contributed by atoms with E-state index < -0.39 is 0 Å². The number of benzene rings is 1. The number of nitrogens with zero attached hydrogens (tertiary/aromatic N) is 2. The van der Waals surface area contributed by atoms with Crippen LogP contribution in [0.2, 0.25) is 0 Å². The van der Waals surface area contributed by atoms with Crippen molar-refractivity contribution in [2.75, 3.05) is 6.26 Å². The molecule has 0 atom stereocenters. The van der Waals surface area contributed by atoms with Crippen LogP contribution in [0.5, 0.6) is 0 Å². The molecule has 2 aromatic heterocycles. The van der Waals surface area contributed by atoms with E-state index >= 15 is 0 Å². The summed E-state index contributed by atoms with van der Waals surface area (Å²) in [6.45, 7) is 0. The minimum Gasteiger partial charge on any atom is -0.306 e. The van der Waals surface area contributed by atoms with Gasteiger partial charge < -0.3 is 4.40 Å². The molecule has 3 heteroatoms. The van der Waals surface area contributed by atoms with Gasteiger partial charge in [-0.25, -0.2) is 4.98 Å². The molecule has 0 amide bonds. The van der Waals surface area contributed by atoms with E-state index in [1.807, 2.05) is 28.8 Å². The number of pyridine rings is 1. The largest absolute Gasteiger partial charge is 0.306 e. The molecule has 0 spiro atoms. The molecule has 0 aliphatic heterocycles. The predicted octanol–water partition coefficient (Wildman–Crippen LogP) is 3.72. The van der Waals surface area contributed by atoms with E-state index in [0.29, 0.717) is 0 Å². The number of fused-ring (bicyclic) bond motifs is 1. The molecular formula is C14H12N2S. The smallest absolute Gasteiger partial charge is 0.137 e. The van der Waals surface area contributed by atoms with Crippen LogP contribution in [0.25, 0.3) is 16.9 Å². The molecule has 3 aromatic rings. The molecule has 0 aliphatic carbocycles. The van der Waals surface area contributed by atoms with Crippen molar-refractivity contribution in [1.82, 2.24) is 9.38 Å². The Morgan fingerprint density at radius 1 is 1.06 bits per heavy atom. The summed E-state index contributed by atoms with van der Waals surface area (Å²) in [5.74, 6) is 0. The maximum absolute atomic E-state index is 4.64. The predicted molar refractivity (Wildman–Crippen MR) is 72.4 cm³/mol. The van der Waals surface area contributed by atoms with Gasteiger partial charge in [-0.2, -0.15) is 0 Å². The van der Waals surface area contributed by atoms with Gasteiger partial charge in [0, 0.05) is 22.9 Å². The van der Waals surface area contributed by atoms with Crippen LogP contribution in [-0.2, 0) is 0 Å². The second-order valence-electron chi connectivity index (χ2n) is 3.79. The van der Waals surface area contributed by atoms with E-state index in [-0.39, 0.29) is 0 Å². The van der Waals surface area contributed by atoms with Gasteiger partial charge in [0.05, 0.1) is 5.69 Å². The van der Waals surface area contributed by atoms with Crippen LogP contribution >= 0.6 is 11.8 Å². The Hall–Kier alpha value is -1.74. The topological polar surface area (TPSA) is 17.3 Å². The van der Waals surface area contributed by atoms with E-state index in [1.54, 1.807) is 11.8 Å². The second-order valence-corrected chi connectivity index (χ2v) is 4.64. The van der Waals surface area contributed by atoms with Crippen molar-refractivity contribution in [3.05, 3.63) is 54.9 Å². The monoisotopic (exact) mass is 240 g/mol. The van der Waals surface area contributed by atoms with Gasteiger partial charge in [0.2, 0.25) is 0 Å². The van der Waals surface area contributed by atoms with Crippen molar-refractivity contribution in [3.8, 4) is 11.3 Å². The highest BCUT2D eigenvalue weighted by molar-refractivity contribution is 7.98. The average Bonchev–Trinajstić information content (AvgIpc) is 2.82. The molecule has 17 heavy (non-hydrogen) atoms. The molecule has 0 saturated carbocycles. The van der Waals surface area contributed by atoms with Crippen LogP contribution in [0.4, 0.5) is 0 Å². The molecular weight excluding hydrogens is 228 g/mol. The molecule has 1 aromatic carbocycles. The van der Waals surface area contributed by atoms with Crippen LogP contribution in [0.1, 0.15) is 0 Å². The van der Waals surface area contributed by atoms with E-state index in [4.69, 9.17) is 0 Å². The van der Waals surface area contributed by atoms with Crippen molar-refractivity contribution in [2.45, 2.75) is 4.90 Å². The lowest BCUT2D eigenvalue weighted by atomic mass is 10.2. The van der Waals surface area contributed by atoms with Crippen LogP contribution in [0.3, 0.4) is 0 Å². The number of hydrogen-bond acceptors (Lipinski definition) is 2. The first-order valence-electron chi connectivity index (χ1n) is 5.45. The second kappa shape index (κ2) is 4.26. The van der Waals surface area contributed by atoms with E-state index in [9.17, 15) is 0 Å². The van der Waals surface area contributed by atoms with Crippen molar-refractivity contribution in [3.63, 3.8) is 0 Å². The number of aromatic nitrogens is 2. The normalized spacial score (nSPS) is 10.9. The molecule has 3 rings (SSSR count). The molecule has 2 heterocycles. The van der Waals surface area contributed by atoms with Crippen molar-refractivity contribution < 1.29 is 0 Å². The first-order chi connectivity index (χ1) is 8.38. The Kier molecular flexibility index (Phi) is 2.61. The maximum Gasteiger partial charge on any atom is 0.137 e. The minimum atomic E-state index is 0.985. The van der Waals surface area contributed by atoms with Gasteiger partial charge in [-0.15, -0.1) is 11.8 Å². The third-order valence-corrected chi connectivity index (χ3v) is 3.54. The van der Waals surface area contributed by atoms with E-state index in [0.717, 1.165) is 11.3 Å². The van der Waals surface area contributed by atoms with Gasteiger partial charge in [-0.05, 0) is 24.5 Å². The average molecular weight is 240 g/mol. The SMILES string of the molecule is CSc1ccccc1-c1cn2ccccc2n1. The molecule has 0 N–H and O–H groups in total. The van der Waals surface area contributed by atoms with E-state index in [1.165, 1.54) is 10.5 Å². The summed E-state index contributed by atoms with van der Waals surface area (Å²) in [5, 5.41) is 0. The van der Waals surface area contributed by atoms with Gasteiger partial charge in [0.25, 0.3) is 0 Å². The third-order valence-electron chi connectivity index (χ3n) is 2.75. The first kappa shape index (κ1) is 10.4. The minimum absolute atomic E-state index is 0.985. The Labute approximate surface area is 104 Å². The molecule has 84 valence electrons. The third kappa shape index (κ3) is 1.83. The zero-order valence-corrected chi connectivity index (χ0v) is 10.3. The van der Waals surface area contributed by atoms with Crippen molar-refractivity contribution in [2.24, 2.45) is 0 Å². The summed E-state index contributed by atoms with van der Waals surface area (Å²) in [5.41, 5.74) is 3.21. The quantitative estimate of drug-likeness (QED) is 0.635. The fraction of sp³-hybridized carbons (Fsp3) is 0.0714. The Balaban J connectivity index is 2.20. The number of imidazole rings is 1.